The van der Waals surface area contributed by atoms with E-state index in [1.807, 2.05) is 12.1 Å². The third-order valence-electron chi connectivity index (χ3n) is 4.42. The second kappa shape index (κ2) is 9.75. The largest absolute Gasteiger partial charge is 0.379 e. The van der Waals surface area contributed by atoms with E-state index in [0.29, 0.717) is 19.8 Å². The van der Waals surface area contributed by atoms with Crippen molar-refractivity contribution in [2.24, 2.45) is 0 Å². The first kappa shape index (κ1) is 18.9. The monoisotopic (exact) mass is 369 g/mol. The Morgan fingerprint density at radius 3 is 2.48 bits per heavy atom. The van der Waals surface area contributed by atoms with Gasteiger partial charge in [0.05, 0.1) is 19.3 Å². The number of hydrogen-bond acceptors (Lipinski definition) is 6. The lowest BCUT2D eigenvalue weighted by Crippen LogP contribution is -2.46. The van der Waals surface area contributed by atoms with Crippen LogP contribution in [0.15, 0.2) is 49.1 Å². The molecule has 1 saturated heterocycles. The third-order valence-corrected chi connectivity index (χ3v) is 4.42. The summed E-state index contributed by atoms with van der Waals surface area (Å²) in [5.41, 5.74) is 1.88. The van der Waals surface area contributed by atoms with E-state index in [-0.39, 0.29) is 12.6 Å². The van der Waals surface area contributed by atoms with Crippen LogP contribution in [-0.2, 0) is 20.9 Å². The summed E-state index contributed by atoms with van der Waals surface area (Å²) in [6, 6.07) is 7.36. The summed E-state index contributed by atoms with van der Waals surface area (Å²) in [5.74, 6) is -1.30. The van der Waals surface area contributed by atoms with Gasteiger partial charge in [-0.15, -0.1) is 0 Å². The van der Waals surface area contributed by atoms with Gasteiger partial charge in [0.25, 0.3) is 0 Å². The molecule has 1 fully saturated rings. The van der Waals surface area contributed by atoms with Gasteiger partial charge in [-0.3, -0.25) is 24.5 Å². The normalized spacial score (nSPS) is 15.7. The highest BCUT2D eigenvalue weighted by molar-refractivity contribution is 6.35. The number of carbonyl (C=O) groups is 2. The molecule has 27 heavy (non-hydrogen) atoms. The predicted octanol–water partition coefficient (Wildman–Crippen LogP) is 0.283. The first-order chi connectivity index (χ1) is 13.2. The van der Waals surface area contributed by atoms with E-state index in [1.165, 1.54) is 0 Å². The van der Waals surface area contributed by atoms with E-state index in [4.69, 9.17) is 4.74 Å². The van der Waals surface area contributed by atoms with Crippen molar-refractivity contribution < 1.29 is 14.3 Å². The molecule has 3 heterocycles. The van der Waals surface area contributed by atoms with Gasteiger partial charge >= 0.3 is 11.8 Å². The summed E-state index contributed by atoms with van der Waals surface area (Å²) in [4.78, 5) is 34.6. The third kappa shape index (κ3) is 5.57. The van der Waals surface area contributed by atoms with E-state index >= 15 is 0 Å². The minimum Gasteiger partial charge on any atom is -0.379 e. The fourth-order valence-corrected chi connectivity index (χ4v) is 2.95. The second-order valence-electron chi connectivity index (χ2n) is 6.20. The second-order valence-corrected chi connectivity index (χ2v) is 6.20. The molecule has 2 aromatic rings. The molecule has 0 unspecified atom stereocenters. The minimum atomic E-state index is -0.654. The van der Waals surface area contributed by atoms with Gasteiger partial charge in [0.2, 0.25) is 0 Å². The number of rotatable bonds is 6. The van der Waals surface area contributed by atoms with Crippen molar-refractivity contribution in [3.63, 3.8) is 0 Å². The van der Waals surface area contributed by atoms with Crippen LogP contribution in [0.25, 0.3) is 0 Å². The maximum absolute atomic E-state index is 12.2. The molecular formula is C19H23N5O3. The van der Waals surface area contributed by atoms with Crippen molar-refractivity contribution in [3.8, 4) is 0 Å². The molecule has 0 bridgehead atoms. The number of morpholine rings is 1. The van der Waals surface area contributed by atoms with Crippen molar-refractivity contribution in [2.75, 3.05) is 32.8 Å². The Labute approximate surface area is 158 Å². The highest BCUT2D eigenvalue weighted by atomic mass is 16.5. The summed E-state index contributed by atoms with van der Waals surface area (Å²) < 4.78 is 5.41. The summed E-state index contributed by atoms with van der Waals surface area (Å²) in [7, 11) is 0. The average molecular weight is 369 g/mol. The molecular weight excluding hydrogens is 346 g/mol. The van der Waals surface area contributed by atoms with Gasteiger partial charge in [-0.05, 0) is 29.3 Å². The summed E-state index contributed by atoms with van der Waals surface area (Å²) in [6.07, 6.45) is 6.78. The molecule has 2 N–H and O–H groups in total. The Kier molecular flexibility index (Phi) is 6.84. The van der Waals surface area contributed by atoms with E-state index in [2.05, 4.69) is 25.5 Å². The zero-order valence-corrected chi connectivity index (χ0v) is 15.0. The Bertz CT molecular complexity index is 736. The van der Waals surface area contributed by atoms with Crippen molar-refractivity contribution in [2.45, 2.75) is 12.6 Å². The highest BCUT2D eigenvalue weighted by Crippen LogP contribution is 2.20. The molecule has 2 amide bonds. The average Bonchev–Trinajstić information content (AvgIpc) is 2.74. The van der Waals surface area contributed by atoms with Crippen LogP contribution in [0, 0.1) is 0 Å². The van der Waals surface area contributed by atoms with Crippen molar-refractivity contribution >= 4 is 11.8 Å². The number of aromatic nitrogens is 2. The lowest BCUT2D eigenvalue weighted by molar-refractivity contribution is -0.139. The molecule has 0 saturated carbocycles. The molecule has 1 atom stereocenters. The highest BCUT2D eigenvalue weighted by Gasteiger charge is 2.24. The number of pyridine rings is 2. The molecule has 3 rings (SSSR count). The van der Waals surface area contributed by atoms with Gasteiger partial charge in [0.1, 0.15) is 0 Å². The zero-order valence-electron chi connectivity index (χ0n) is 15.0. The first-order valence-corrected chi connectivity index (χ1v) is 8.90. The number of amides is 2. The first-order valence-electron chi connectivity index (χ1n) is 8.90. The molecule has 0 aliphatic carbocycles. The number of hydrogen-bond donors (Lipinski definition) is 2. The topological polar surface area (TPSA) is 96.5 Å². The summed E-state index contributed by atoms with van der Waals surface area (Å²) in [6.45, 7) is 3.44. The lowest BCUT2D eigenvalue weighted by atomic mass is 10.1. The van der Waals surface area contributed by atoms with E-state index in [0.717, 1.165) is 24.2 Å². The Morgan fingerprint density at radius 1 is 1.04 bits per heavy atom. The van der Waals surface area contributed by atoms with E-state index in [9.17, 15) is 9.59 Å². The van der Waals surface area contributed by atoms with Crippen molar-refractivity contribution in [3.05, 3.63) is 60.2 Å². The Balaban J connectivity index is 1.55. The van der Waals surface area contributed by atoms with Gasteiger partial charge in [-0.1, -0.05) is 6.07 Å². The van der Waals surface area contributed by atoms with Gasteiger partial charge in [-0.25, -0.2) is 0 Å². The maximum atomic E-state index is 12.2. The quantitative estimate of drug-likeness (QED) is 0.710. The molecule has 2 aromatic heterocycles. The summed E-state index contributed by atoms with van der Waals surface area (Å²) >= 11 is 0. The Morgan fingerprint density at radius 2 is 1.78 bits per heavy atom. The minimum absolute atomic E-state index is 0.0560. The van der Waals surface area contributed by atoms with Crippen LogP contribution in [0.5, 0.6) is 0 Å². The predicted molar refractivity (Wildman–Crippen MR) is 98.5 cm³/mol. The van der Waals surface area contributed by atoms with Crippen LogP contribution in [0.4, 0.5) is 0 Å². The standard InChI is InChI=1S/C19H23N5O3/c25-18(22-12-15-3-6-20-7-4-15)19(26)23-14-17(16-2-1-5-21-13-16)24-8-10-27-11-9-24/h1-7,13,17H,8-12,14H2,(H,22,25)(H,23,26)/t17-/m1/s1. The molecule has 8 heteroatoms. The van der Waals surface area contributed by atoms with Gasteiger partial charge < -0.3 is 15.4 Å². The SMILES string of the molecule is O=C(NCc1ccncc1)C(=O)NC[C@H](c1cccnc1)N1CCOCC1. The van der Waals surface area contributed by atoms with Gasteiger partial charge in [0, 0.05) is 51.0 Å². The fourth-order valence-electron chi connectivity index (χ4n) is 2.95. The summed E-state index contributed by atoms with van der Waals surface area (Å²) in [5, 5.41) is 5.36. The molecule has 0 spiro atoms. The fraction of sp³-hybridized carbons (Fsp3) is 0.368. The number of nitrogens with one attached hydrogen (secondary N) is 2. The molecule has 8 nitrogen and oxygen atoms in total. The van der Waals surface area contributed by atoms with Crippen molar-refractivity contribution in [1.82, 2.24) is 25.5 Å². The van der Waals surface area contributed by atoms with Crippen LogP contribution < -0.4 is 10.6 Å². The van der Waals surface area contributed by atoms with E-state index < -0.39 is 11.8 Å². The molecule has 142 valence electrons. The van der Waals surface area contributed by atoms with Crippen LogP contribution >= 0.6 is 0 Å². The van der Waals surface area contributed by atoms with E-state index in [1.54, 1.807) is 36.9 Å². The van der Waals surface area contributed by atoms with Gasteiger partial charge in [0.15, 0.2) is 0 Å². The van der Waals surface area contributed by atoms with Crippen LogP contribution in [0.2, 0.25) is 0 Å². The molecule has 1 aliphatic heterocycles. The Hall–Kier alpha value is -2.84. The molecule has 0 radical (unpaired) electrons. The van der Waals surface area contributed by atoms with Crippen LogP contribution in [0.1, 0.15) is 17.2 Å². The van der Waals surface area contributed by atoms with Gasteiger partial charge in [-0.2, -0.15) is 0 Å². The zero-order chi connectivity index (χ0) is 18.9. The molecule has 1 aliphatic rings. The number of ether oxygens (including phenoxy) is 1. The number of nitrogens with zero attached hydrogens (tertiary/aromatic N) is 3. The lowest BCUT2D eigenvalue weighted by Gasteiger charge is -2.34. The smallest absolute Gasteiger partial charge is 0.309 e. The molecule has 0 aromatic carbocycles. The van der Waals surface area contributed by atoms with Crippen molar-refractivity contribution in [1.29, 1.82) is 0 Å². The number of carbonyl (C=O) groups excluding carboxylic acids is 2. The van der Waals surface area contributed by atoms with Crippen LogP contribution in [0.3, 0.4) is 0 Å². The maximum Gasteiger partial charge on any atom is 0.309 e. The van der Waals surface area contributed by atoms with Crippen LogP contribution in [-0.4, -0.2) is 59.5 Å².